The van der Waals surface area contributed by atoms with E-state index in [0.29, 0.717) is 0 Å². The highest BCUT2D eigenvalue weighted by atomic mass is 15.0. The monoisotopic (exact) mass is 819 g/mol. The summed E-state index contributed by atoms with van der Waals surface area (Å²) < 4.78 is 2.43. The Balaban J connectivity index is 0.00000293. The standard InChI is InChI=1S/C60H55N.C2H6/c1-7-10-24-45(6)60(48-25-13-11-14-26-48,49-27-15-12-16-28-49)50-39-35-46(36-40-50)59(44(5)23-8-2)55-32-18-17-31-54(55)58(43(4)9-3)47-37-41-51(42-38-47)61-56-33-21-19-29-52(56)53-30-20-22-34-57(53)61;1-2/h7-19,21-29,31-42H,3,20,30H2,1-2,4-6H3;1-2H3/b10-7-,23-8-,45-24+,58-43+,59-44+;. The van der Waals surface area contributed by atoms with Crippen LogP contribution < -0.4 is 0 Å². The molecule has 8 rings (SSSR count). The Morgan fingerprint density at radius 3 is 1.68 bits per heavy atom. The second-order valence-electron chi connectivity index (χ2n) is 16.0. The van der Waals surface area contributed by atoms with E-state index in [-0.39, 0.29) is 0 Å². The molecule has 0 aliphatic heterocycles. The molecule has 1 aliphatic carbocycles. The van der Waals surface area contributed by atoms with Gasteiger partial charge in [-0.05, 0) is 139 Å². The molecule has 0 bridgehead atoms. The number of allylic oxidation sites excluding steroid dienone is 10. The highest BCUT2D eigenvalue weighted by molar-refractivity contribution is 5.95. The molecule has 1 aliphatic rings. The fraction of sp³-hybridized carbons (Fsp3) is 0.161. The van der Waals surface area contributed by atoms with E-state index in [0.717, 1.165) is 24.0 Å². The topological polar surface area (TPSA) is 4.93 Å². The van der Waals surface area contributed by atoms with Crippen LogP contribution in [0.5, 0.6) is 0 Å². The van der Waals surface area contributed by atoms with Gasteiger partial charge in [0.15, 0.2) is 0 Å². The number of rotatable bonds is 12. The molecule has 1 aromatic heterocycles. The summed E-state index contributed by atoms with van der Waals surface area (Å²) in [6, 6.07) is 58.0. The van der Waals surface area contributed by atoms with E-state index in [1.807, 2.05) is 19.9 Å². The van der Waals surface area contributed by atoms with E-state index in [1.165, 1.54) is 83.5 Å². The third kappa shape index (κ3) is 8.49. The fourth-order valence-electron chi connectivity index (χ4n) is 9.60. The normalized spacial score (nSPS) is 13.7. The van der Waals surface area contributed by atoms with E-state index < -0.39 is 5.41 Å². The third-order valence-corrected chi connectivity index (χ3v) is 12.4. The molecule has 7 aromatic rings. The Labute approximate surface area is 377 Å². The van der Waals surface area contributed by atoms with E-state index in [4.69, 9.17) is 0 Å². The molecule has 0 spiro atoms. The average Bonchev–Trinajstić information content (AvgIpc) is 3.68. The summed E-state index contributed by atoms with van der Waals surface area (Å²) in [6.45, 7) is 19.1. The molecule has 1 nitrogen and oxygen atoms in total. The molecule has 0 saturated heterocycles. The van der Waals surface area contributed by atoms with Gasteiger partial charge in [0, 0.05) is 16.8 Å². The molecular formula is C62H61N. The summed E-state index contributed by atoms with van der Waals surface area (Å²) in [5.74, 6) is 0. The first-order valence-electron chi connectivity index (χ1n) is 22.6. The van der Waals surface area contributed by atoms with Gasteiger partial charge in [-0.2, -0.15) is 0 Å². The Hall–Kier alpha value is -6.96. The third-order valence-electron chi connectivity index (χ3n) is 12.4. The van der Waals surface area contributed by atoms with Crippen LogP contribution in [0.4, 0.5) is 0 Å². The van der Waals surface area contributed by atoms with Crippen molar-refractivity contribution >= 4 is 28.1 Å². The lowest BCUT2D eigenvalue weighted by atomic mass is 9.65. The van der Waals surface area contributed by atoms with Crippen molar-refractivity contribution in [1.82, 2.24) is 4.57 Å². The molecule has 1 heteroatoms. The van der Waals surface area contributed by atoms with Gasteiger partial charge in [0.25, 0.3) is 0 Å². The van der Waals surface area contributed by atoms with Crippen molar-refractivity contribution in [3.8, 4) is 5.69 Å². The zero-order chi connectivity index (χ0) is 44.3. The Morgan fingerprint density at radius 2 is 1.11 bits per heavy atom. The number of hydrogen-bond donors (Lipinski definition) is 0. The van der Waals surface area contributed by atoms with Crippen LogP contribution in [0.3, 0.4) is 0 Å². The largest absolute Gasteiger partial charge is 0.310 e. The van der Waals surface area contributed by atoms with Gasteiger partial charge in [-0.15, -0.1) is 0 Å². The second kappa shape index (κ2) is 20.3. The van der Waals surface area contributed by atoms with Gasteiger partial charge in [-0.1, -0.05) is 208 Å². The van der Waals surface area contributed by atoms with Gasteiger partial charge in [0.2, 0.25) is 0 Å². The van der Waals surface area contributed by atoms with Crippen LogP contribution in [0, 0.1) is 0 Å². The number of para-hydroxylation sites is 1. The number of aryl methyl sites for hydroxylation is 1. The first-order chi connectivity index (χ1) is 30.9. The highest BCUT2D eigenvalue weighted by Crippen LogP contribution is 2.46. The average molecular weight is 820 g/mol. The maximum Gasteiger partial charge on any atom is 0.0661 e. The molecule has 0 N–H and O–H groups in total. The van der Waals surface area contributed by atoms with Crippen molar-refractivity contribution < 1.29 is 0 Å². The summed E-state index contributed by atoms with van der Waals surface area (Å²) in [6.07, 6.45) is 19.6. The van der Waals surface area contributed by atoms with Crippen molar-refractivity contribution in [3.05, 3.63) is 274 Å². The molecule has 0 atom stereocenters. The lowest BCUT2D eigenvalue weighted by Crippen LogP contribution is -2.31. The van der Waals surface area contributed by atoms with E-state index in [1.54, 1.807) is 0 Å². The van der Waals surface area contributed by atoms with Gasteiger partial charge in [-0.25, -0.2) is 0 Å². The molecular weight excluding hydrogens is 759 g/mol. The summed E-state index contributed by atoms with van der Waals surface area (Å²) in [4.78, 5) is 0. The zero-order valence-corrected chi connectivity index (χ0v) is 38.2. The SMILES string of the molecule is C=C/C(C)=C(\c1ccc(-n2c3c(c4ccccc42)CCC=C3)cc1)c1ccccc1/C(=C(C)/C=C\C)c1ccc(C(/C(C)=C/C=C\C)(c2ccccc2)c2ccccc2)cc1.CC. The van der Waals surface area contributed by atoms with Crippen molar-refractivity contribution in [2.24, 2.45) is 0 Å². The van der Waals surface area contributed by atoms with Crippen molar-refractivity contribution in [3.63, 3.8) is 0 Å². The smallest absolute Gasteiger partial charge is 0.0661 e. The lowest BCUT2D eigenvalue weighted by Gasteiger charge is -2.37. The molecule has 63 heavy (non-hydrogen) atoms. The number of aromatic nitrogens is 1. The Kier molecular flexibility index (Phi) is 14.2. The van der Waals surface area contributed by atoms with Gasteiger partial charge < -0.3 is 4.57 Å². The minimum Gasteiger partial charge on any atom is -0.310 e. The summed E-state index contributed by atoms with van der Waals surface area (Å²) in [7, 11) is 0. The Bertz CT molecular complexity index is 2830. The quantitative estimate of drug-likeness (QED) is 0.0855. The van der Waals surface area contributed by atoms with Crippen molar-refractivity contribution in [1.29, 1.82) is 0 Å². The van der Waals surface area contributed by atoms with Crippen molar-refractivity contribution in [2.45, 2.75) is 66.7 Å². The maximum absolute atomic E-state index is 4.28. The van der Waals surface area contributed by atoms with E-state index >= 15 is 0 Å². The molecule has 0 unspecified atom stereocenters. The summed E-state index contributed by atoms with van der Waals surface area (Å²) >= 11 is 0. The minimum absolute atomic E-state index is 0.494. The van der Waals surface area contributed by atoms with Crippen LogP contribution in [0.2, 0.25) is 0 Å². The minimum atomic E-state index is -0.494. The predicted octanol–water partition coefficient (Wildman–Crippen LogP) is 16.9. The molecule has 0 saturated carbocycles. The van der Waals surface area contributed by atoms with Crippen LogP contribution in [0.15, 0.2) is 224 Å². The van der Waals surface area contributed by atoms with E-state index in [2.05, 4.69) is 246 Å². The molecule has 1 heterocycles. The first kappa shape index (κ1) is 44.1. The van der Waals surface area contributed by atoms with Crippen LogP contribution in [-0.4, -0.2) is 4.57 Å². The number of hydrogen-bond acceptors (Lipinski definition) is 0. The zero-order valence-electron chi connectivity index (χ0n) is 38.2. The van der Waals surface area contributed by atoms with Gasteiger partial charge in [0.05, 0.1) is 10.9 Å². The summed E-state index contributed by atoms with van der Waals surface area (Å²) in [5, 5.41) is 1.35. The van der Waals surface area contributed by atoms with Crippen molar-refractivity contribution in [2.75, 3.05) is 0 Å². The van der Waals surface area contributed by atoms with E-state index in [9.17, 15) is 0 Å². The molecule has 0 amide bonds. The molecule has 314 valence electrons. The lowest BCUT2D eigenvalue weighted by molar-refractivity contribution is 0.724. The van der Waals surface area contributed by atoms with Crippen LogP contribution in [-0.2, 0) is 11.8 Å². The molecule has 0 radical (unpaired) electrons. The second-order valence-corrected chi connectivity index (χ2v) is 16.0. The van der Waals surface area contributed by atoms with Gasteiger partial charge >= 0.3 is 0 Å². The Morgan fingerprint density at radius 1 is 0.587 bits per heavy atom. The summed E-state index contributed by atoms with van der Waals surface area (Å²) in [5.41, 5.74) is 19.0. The van der Waals surface area contributed by atoms with Gasteiger partial charge in [-0.3, -0.25) is 0 Å². The fourth-order valence-corrected chi connectivity index (χ4v) is 9.60. The van der Waals surface area contributed by atoms with Crippen LogP contribution >= 0.6 is 0 Å². The predicted molar refractivity (Wildman–Crippen MR) is 275 cm³/mol. The molecule has 6 aromatic carbocycles. The van der Waals surface area contributed by atoms with Crippen LogP contribution in [0.25, 0.3) is 33.8 Å². The highest BCUT2D eigenvalue weighted by Gasteiger charge is 2.38. The maximum atomic E-state index is 4.28. The number of fused-ring (bicyclic) bond motifs is 3. The first-order valence-corrected chi connectivity index (χ1v) is 22.6. The number of nitrogens with zero attached hydrogens (tertiary/aromatic N) is 1. The number of benzene rings is 6. The van der Waals surface area contributed by atoms with Gasteiger partial charge in [0.1, 0.15) is 0 Å². The molecule has 0 fully saturated rings. The van der Waals surface area contributed by atoms with Crippen LogP contribution in [0.1, 0.15) is 105 Å².